The van der Waals surface area contributed by atoms with Crippen LogP contribution in [0.25, 0.3) is 22.0 Å². The largest absolute Gasteiger partial charge is 0.496 e. The first kappa shape index (κ1) is 12.8. The summed E-state index contributed by atoms with van der Waals surface area (Å²) in [5, 5.41) is 1.20. The third-order valence-electron chi connectivity index (χ3n) is 3.58. The Morgan fingerprint density at radius 3 is 2.75 bits per heavy atom. The van der Waals surface area contributed by atoms with E-state index in [1.54, 1.807) is 7.11 Å². The van der Waals surface area contributed by atoms with Gasteiger partial charge in [0.15, 0.2) is 0 Å². The standard InChI is InChI=1S/C17H18N2O/c1-20-17-7-6-12(8-9-18)10-14(17)15-11-19-16-5-3-2-4-13(15)16/h2-7,10-11,19H,8-9,18H2,1H3. The molecule has 0 atom stereocenters. The molecule has 0 radical (unpaired) electrons. The van der Waals surface area contributed by atoms with Gasteiger partial charge in [-0.15, -0.1) is 0 Å². The molecule has 1 aromatic heterocycles. The maximum Gasteiger partial charge on any atom is 0.126 e. The minimum atomic E-state index is 0.652. The number of H-pyrrole nitrogens is 1. The molecule has 0 saturated carbocycles. The lowest BCUT2D eigenvalue weighted by Crippen LogP contribution is -2.02. The molecule has 0 bridgehead atoms. The van der Waals surface area contributed by atoms with Gasteiger partial charge >= 0.3 is 0 Å². The number of hydrogen-bond acceptors (Lipinski definition) is 2. The first-order chi connectivity index (χ1) is 9.83. The Morgan fingerprint density at radius 2 is 1.95 bits per heavy atom. The second-order valence-corrected chi connectivity index (χ2v) is 4.82. The van der Waals surface area contributed by atoms with Crippen LogP contribution in [0.4, 0.5) is 0 Å². The van der Waals surface area contributed by atoms with Gasteiger partial charge in [0.05, 0.1) is 7.11 Å². The molecule has 0 aliphatic rings. The molecule has 3 heteroatoms. The molecule has 3 nitrogen and oxygen atoms in total. The van der Waals surface area contributed by atoms with Gasteiger partial charge in [-0.1, -0.05) is 24.3 Å². The maximum absolute atomic E-state index is 5.65. The number of hydrogen-bond donors (Lipinski definition) is 2. The number of nitrogens with two attached hydrogens (primary N) is 1. The molecule has 0 aliphatic carbocycles. The van der Waals surface area contributed by atoms with E-state index in [0.717, 1.165) is 28.8 Å². The minimum absolute atomic E-state index is 0.652. The van der Waals surface area contributed by atoms with Crippen LogP contribution in [-0.2, 0) is 6.42 Å². The van der Waals surface area contributed by atoms with Crippen molar-refractivity contribution in [3.63, 3.8) is 0 Å². The van der Waals surface area contributed by atoms with Gasteiger partial charge in [0.25, 0.3) is 0 Å². The molecule has 3 N–H and O–H groups in total. The van der Waals surface area contributed by atoms with Gasteiger partial charge in [0.1, 0.15) is 5.75 Å². The summed E-state index contributed by atoms with van der Waals surface area (Å²) >= 11 is 0. The predicted octanol–water partition coefficient (Wildman–Crippen LogP) is 3.34. The molecule has 102 valence electrons. The van der Waals surface area contributed by atoms with Crippen molar-refractivity contribution in [1.82, 2.24) is 4.98 Å². The summed E-state index contributed by atoms with van der Waals surface area (Å²) < 4.78 is 5.51. The van der Waals surface area contributed by atoms with E-state index in [1.807, 2.05) is 18.3 Å². The Hall–Kier alpha value is -2.26. The van der Waals surface area contributed by atoms with Crippen LogP contribution in [0, 0.1) is 0 Å². The fourth-order valence-corrected chi connectivity index (χ4v) is 2.58. The lowest BCUT2D eigenvalue weighted by atomic mass is 10.00. The van der Waals surface area contributed by atoms with Gasteiger partial charge in [0, 0.05) is 28.2 Å². The van der Waals surface area contributed by atoms with Gasteiger partial charge in [-0.2, -0.15) is 0 Å². The summed E-state index contributed by atoms with van der Waals surface area (Å²) in [6.07, 6.45) is 2.91. The summed E-state index contributed by atoms with van der Waals surface area (Å²) in [7, 11) is 1.70. The molecule has 3 aromatic rings. The van der Waals surface area contributed by atoms with E-state index in [2.05, 4.69) is 35.3 Å². The molecular formula is C17H18N2O. The number of rotatable bonds is 4. The number of aromatic amines is 1. The number of ether oxygens (including phenoxy) is 1. The van der Waals surface area contributed by atoms with Gasteiger partial charge in [-0.05, 0) is 36.7 Å². The Kier molecular flexibility index (Phi) is 3.44. The molecule has 0 spiro atoms. The lowest BCUT2D eigenvalue weighted by Gasteiger charge is -2.10. The van der Waals surface area contributed by atoms with Gasteiger partial charge in [0.2, 0.25) is 0 Å². The second kappa shape index (κ2) is 5.39. The van der Waals surface area contributed by atoms with E-state index in [9.17, 15) is 0 Å². The average molecular weight is 266 g/mol. The molecule has 3 rings (SSSR count). The Balaban J connectivity index is 2.19. The van der Waals surface area contributed by atoms with Crippen molar-refractivity contribution in [2.75, 3.05) is 13.7 Å². The number of methoxy groups -OCH3 is 1. The van der Waals surface area contributed by atoms with Crippen molar-refractivity contribution in [3.8, 4) is 16.9 Å². The Labute approximate surface area is 118 Å². The smallest absolute Gasteiger partial charge is 0.126 e. The summed E-state index contributed by atoms with van der Waals surface area (Å²) in [5.41, 5.74) is 10.3. The van der Waals surface area contributed by atoms with Gasteiger partial charge < -0.3 is 15.5 Å². The Morgan fingerprint density at radius 1 is 1.10 bits per heavy atom. The maximum atomic E-state index is 5.65. The summed E-state index contributed by atoms with van der Waals surface area (Å²) in [6, 6.07) is 14.5. The molecule has 20 heavy (non-hydrogen) atoms. The highest BCUT2D eigenvalue weighted by Crippen LogP contribution is 2.35. The normalized spacial score (nSPS) is 10.9. The summed E-state index contributed by atoms with van der Waals surface area (Å²) in [6.45, 7) is 0.652. The third kappa shape index (κ3) is 2.17. The first-order valence-electron chi connectivity index (χ1n) is 6.77. The minimum Gasteiger partial charge on any atom is -0.496 e. The summed E-state index contributed by atoms with van der Waals surface area (Å²) in [4.78, 5) is 3.31. The molecular weight excluding hydrogens is 248 g/mol. The van der Waals surface area contributed by atoms with E-state index in [4.69, 9.17) is 10.5 Å². The van der Waals surface area contributed by atoms with Crippen LogP contribution in [0.3, 0.4) is 0 Å². The first-order valence-corrected chi connectivity index (χ1v) is 6.77. The zero-order chi connectivity index (χ0) is 13.9. The Bertz CT molecular complexity index is 731. The van der Waals surface area contributed by atoms with Crippen LogP contribution >= 0.6 is 0 Å². The van der Waals surface area contributed by atoms with Crippen molar-refractivity contribution in [2.45, 2.75) is 6.42 Å². The zero-order valence-electron chi connectivity index (χ0n) is 11.5. The molecule has 0 saturated heterocycles. The van der Waals surface area contributed by atoms with Crippen molar-refractivity contribution in [3.05, 3.63) is 54.2 Å². The fourth-order valence-electron chi connectivity index (χ4n) is 2.58. The third-order valence-corrected chi connectivity index (χ3v) is 3.58. The van der Waals surface area contributed by atoms with Crippen LogP contribution < -0.4 is 10.5 Å². The fraction of sp³-hybridized carbons (Fsp3) is 0.176. The number of aromatic nitrogens is 1. The molecule has 0 aliphatic heterocycles. The molecule has 1 heterocycles. The zero-order valence-corrected chi connectivity index (χ0v) is 11.5. The highest BCUT2D eigenvalue weighted by Gasteiger charge is 2.11. The van der Waals surface area contributed by atoms with E-state index in [0.29, 0.717) is 6.54 Å². The SMILES string of the molecule is COc1ccc(CCN)cc1-c1c[nH]c2ccccc12. The van der Waals surface area contributed by atoms with Gasteiger partial charge in [-0.25, -0.2) is 0 Å². The van der Waals surface area contributed by atoms with Crippen LogP contribution in [-0.4, -0.2) is 18.6 Å². The van der Waals surface area contributed by atoms with Crippen LogP contribution in [0.5, 0.6) is 5.75 Å². The monoisotopic (exact) mass is 266 g/mol. The highest BCUT2D eigenvalue weighted by molar-refractivity contribution is 5.97. The van der Waals surface area contributed by atoms with Crippen molar-refractivity contribution in [1.29, 1.82) is 0 Å². The molecule has 2 aromatic carbocycles. The predicted molar refractivity (Wildman–Crippen MR) is 83.0 cm³/mol. The number of benzene rings is 2. The van der Waals surface area contributed by atoms with Crippen LogP contribution in [0.15, 0.2) is 48.7 Å². The van der Waals surface area contributed by atoms with Gasteiger partial charge in [-0.3, -0.25) is 0 Å². The van der Waals surface area contributed by atoms with Crippen LogP contribution in [0.2, 0.25) is 0 Å². The quantitative estimate of drug-likeness (QED) is 0.761. The van der Waals surface area contributed by atoms with E-state index >= 15 is 0 Å². The van der Waals surface area contributed by atoms with Crippen LogP contribution in [0.1, 0.15) is 5.56 Å². The van der Waals surface area contributed by atoms with Crippen molar-refractivity contribution >= 4 is 10.9 Å². The van der Waals surface area contributed by atoms with Crippen molar-refractivity contribution in [2.24, 2.45) is 5.73 Å². The second-order valence-electron chi connectivity index (χ2n) is 4.82. The van der Waals surface area contributed by atoms with E-state index in [1.165, 1.54) is 10.9 Å². The van der Waals surface area contributed by atoms with Crippen molar-refractivity contribution < 1.29 is 4.74 Å². The molecule has 0 amide bonds. The number of nitrogens with one attached hydrogen (secondary N) is 1. The lowest BCUT2D eigenvalue weighted by molar-refractivity contribution is 0.416. The summed E-state index contributed by atoms with van der Waals surface area (Å²) in [5.74, 6) is 0.885. The number of fused-ring (bicyclic) bond motifs is 1. The number of para-hydroxylation sites is 1. The topological polar surface area (TPSA) is 51.0 Å². The van der Waals surface area contributed by atoms with E-state index in [-0.39, 0.29) is 0 Å². The average Bonchev–Trinajstić information content (AvgIpc) is 2.91. The molecule has 0 unspecified atom stereocenters. The van der Waals surface area contributed by atoms with E-state index < -0.39 is 0 Å². The molecule has 0 fully saturated rings. The highest BCUT2D eigenvalue weighted by atomic mass is 16.5.